The topological polar surface area (TPSA) is 58.4 Å². The number of hydrogen-bond donors (Lipinski definition) is 1. The number of nitrogens with zero attached hydrogens (tertiary/aromatic N) is 3. The molecular weight excluding hydrogens is 328 g/mol. The number of aromatic nitrogens is 2. The van der Waals surface area contributed by atoms with Crippen LogP contribution in [0.25, 0.3) is 0 Å². The Morgan fingerprint density at radius 2 is 2.16 bits per heavy atom. The maximum atomic E-state index is 14.1. The van der Waals surface area contributed by atoms with Crippen molar-refractivity contribution in [1.29, 1.82) is 0 Å². The molecule has 2 heterocycles. The molecule has 0 radical (unpaired) electrons. The molecule has 1 aliphatic rings. The van der Waals surface area contributed by atoms with Crippen LogP contribution >= 0.6 is 0 Å². The van der Waals surface area contributed by atoms with Crippen LogP contribution in [0.15, 0.2) is 24.4 Å². The van der Waals surface area contributed by atoms with E-state index in [-0.39, 0.29) is 30.9 Å². The van der Waals surface area contributed by atoms with E-state index in [0.717, 1.165) is 29.5 Å². The summed E-state index contributed by atoms with van der Waals surface area (Å²) in [6, 6.07) is 2.55. The molecule has 0 aliphatic carbocycles. The van der Waals surface area contributed by atoms with Gasteiger partial charge in [-0.25, -0.2) is 8.78 Å². The van der Waals surface area contributed by atoms with Crippen LogP contribution in [0, 0.1) is 18.6 Å². The van der Waals surface area contributed by atoms with Crippen molar-refractivity contribution in [1.82, 2.24) is 14.7 Å². The summed E-state index contributed by atoms with van der Waals surface area (Å²) in [7, 11) is 1.83. The van der Waals surface area contributed by atoms with Crippen LogP contribution in [0.1, 0.15) is 35.7 Å². The van der Waals surface area contributed by atoms with Crippen molar-refractivity contribution in [3.8, 4) is 0 Å². The van der Waals surface area contributed by atoms with Crippen LogP contribution in [0.4, 0.5) is 8.78 Å². The van der Waals surface area contributed by atoms with Crippen molar-refractivity contribution in [2.24, 2.45) is 7.05 Å². The van der Waals surface area contributed by atoms with Gasteiger partial charge in [0.1, 0.15) is 11.6 Å². The van der Waals surface area contributed by atoms with E-state index in [0.29, 0.717) is 6.42 Å². The van der Waals surface area contributed by atoms with Crippen LogP contribution in [0.3, 0.4) is 0 Å². The Hall–Kier alpha value is -2.28. The van der Waals surface area contributed by atoms with E-state index in [1.807, 2.05) is 14.0 Å². The first-order chi connectivity index (χ1) is 11.9. The molecule has 1 N–H and O–H groups in total. The van der Waals surface area contributed by atoms with E-state index in [2.05, 4.69) is 5.10 Å². The van der Waals surface area contributed by atoms with Gasteiger partial charge in [0.15, 0.2) is 0 Å². The Morgan fingerprint density at radius 1 is 1.40 bits per heavy atom. The minimum Gasteiger partial charge on any atom is -0.391 e. The van der Waals surface area contributed by atoms with Gasteiger partial charge >= 0.3 is 0 Å². The second-order valence-electron chi connectivity index (χ2n) is 6.50. The third kappa shape index (κ3) is 3.56. The predicted molar refractivity (Wildman–Crippen MR) is 87.7 cm³/mol. The maximum Gasteiger partial charge on any atom is 0.223 e. The van der Waals surface area contributed by atoms with Crippen LogP contribution < -0.4 is 0 Å². The molecule has 7 heteroatoms. The molecule has 1 saturated heterocycles. The van der Waals surface area contributed by atoms with Gasteiger partial charge in [0.05, 0.1) is 18.3 Å². The molecule has 134 valence electrons. The van der Waals surface area contributed by atoms with E-state index >= 15 is 0 Å². The highest BCUT2D eigenvalue weighted by molar-refractivity contribution is 5.77. The molecule has 0 bridgehead atoms. The molecule has 5 nitrogen and oxygen atoms in total. The number of amides is 1. The van der Waals surface area contributed by atoms with Crippen LogP contribution in [0.2, 0.25) is 0 Å². The number of benzene rings is 1. The minimum atomic E-state index is -0.739. The largest absolute Gasteiger partial charge is 0.391 e. The van der Waals surface area contributed by atoms with Gasteiger partial charge in [-0.2, -0.15) is 5.10 Å². The number of likely N-dealkylation sites (tertiary alicyclic amines) is 1. The van der Waals surface area contributed by atoms with Gasteiger partial charge in [-0.05, 0) is 43.5 Å². The summed E-state index contributed by atoms with van der Waals surface area (Å²) >= 11 is 0. The molecule has 25 heavy (non-hydrogen) atoms. The number of aliphatic hydroxyl groups excluding tert-OH is 1. The summed E-state index contributed by atoms with van der Waals surface area (Å²) in [5.74, 6) is -1.31. The molecule has 1 fully saturated rings. The second-order valence-corrected chi connectivity index (χ2v) is 6.50. The molecule has 1 aliphatic heterocycles. The summed E-state index contributed by atoms with van der Waals surface area (Å²) in [5.41, 5.74) is 2.08. The molecule has 1 aromatic heterocycles. The summed E-state index contributed by atoms with van der Waals surface area (Å²) in [6.45, 7) is 2.06. The van der Waals surface area contributed by atoms with Crippen molar-refractivity contribution in [2.75, 3.05) is 6.54 Å². The quantitative estimate of drug-likeness (QED) is 0.921. The van der Waals surface area contributed by atoms with E-state index < -0.39 is 23.8 Å². The van der Waals surface area contributed by atoms with Crippen molar-refractivity contribution in [3.05, 3.63) is 52.9 Å². The number of β-amino-alcohol motifs (C(OH)–C–C–N with tert-alkyl or cyclic N) is 1. The lowest BCUT2D eigenvalue weighted by Gasteiger charge is -2.25. The van der Waals surface area contributed by atoms with E-state index in [9.17, 15) is 18.7 Å². The third-order valence-corrected chi connectivity index (χ3v) is 4.86. The van der Waals surface area contributed by atoms with Crippen molar-refractivity contribution < 1.29 is 18.7 Å². The van der Waals surface area contributed by atoms with Gasteiger partial charge in [-0.1, -0.05) is 0 Å². The first kappa shape index (κ1) is 17.5. The molecular formula is C18H21F2N3O2. The monoisotopic (exact) mass is 349 g/mol. The normalized spacial score (nSPS) is 20.3. The maximum absolute atomic E-state index is 14.1. The number of halogens is 2. The average molecular weight is 349 g/mol. The third-order valence-electron chi connectivity index (χ3n) is 4.86. The summed E-state index contributed by atoms with van der Waals surface area (Å²) < 4.78 is 29.3. The predicted octanol–water partition coefficient (Wildman–Crippen LogP) is 2.27. The van der Waals surface area contributed by atoms with E-state index in [1.54, 1.807) is 10.9 Å². The number of carbonyl (C=O) groups excluding carboxylic acids is 1. The van der Waals surface area contributed by atoms with Crippen molar-refractivity contribution in [3.63, 3.8) is 0 Å². The summed E-state index contributed by atoms with van der Waals surface area (Å²) in [6.07, 6.45) is 1.94. The zero-order valence-corrected chi connectivity index (χ0v) is 14.2. The van der Waals surface area contributed by atoms with Crippen molar-refractivity contribution >= 4 is 5.91 Å². The lowest BCUT2D eigenvalue weighted by molar-refractivity contribution is -0.132. The highest BCUT2D eigenvalue weighted by Crippen LogP contribution is 2.34. The molecule has 0 spiro atoms. The van der Waals surface area contributed by atoms with Gasteiger partial charge in [0, 0.05) is 31.3 Å². The van der Waals surface area contributed by atoms with Gasteiger partial charge in [0.25, 0.3) is 0 Å². The van der Waals surface area contributed by atoms with E-state index in [4.69, 9.17) is 0 Å². The lowest BCUT2D eigenvalue weighted by Crippen LogP contribution is -2.32. The number of rotatable bonds is 4. The number of aryl methyl sites for hydroxylation is 2. The standard InChI is InChI=1S/C18H21F2N3O2/c1-11-12(9-21-22(11)2)3-6-18(25)23-10-14(24)8-17(23)15-7-13(19)4-5-16(15)20/h4-5,7,9,14,17,24H,3,6,8,10H2,1-2H3/t14-,17-/m0/s1. The Morgan fingerprint density at radius 3 is 2.84 bits per heavy atom. The Balaban J connectivity index is 1.76. The fourth-order valence-electron chi connectivity index (χ4n) is 3.33. The lowest BCUT2D eigenvalue weighted by atomic mass is 10.0. The highest BCUT2D eigenvalue weighted by Gasteiger charge is 2.36. The number of carbonyl (C=O) groups is 1. The average Bonchev–Trinajstić information content (AvgIpc) is 3.11. The highest BCUT2D eigenvalue weighted by atomic mass is 19.1. The molecule has 3 rings (SSSR count). The first-order valence-electron chi connectivity index (χ1n) is 8.26. The van der Waals surface area contributed by atoms with Crippen LogP contribution in [-0.4, -0.2) is 38.3 Å². The SMILES string of the molecule is Cc1c(CCC(=O)N2C[C@@H](O)C[C@H]2c2cc(F)ccc2F)cnn1C. The zero-order valence-electron chi connectivity index (χ0n) is 14.2. The van der Waals surface area contributed by atoms with E-state index in [1.165, 1.54) is 4.90 Å². The molecule has 0 saturated carbocycles. The van der Waals surface area contributed by atoms with Crippen molar-refractivity contribution in [2.45, 2.75) is 38.3 Å². The molecule has 1 aromatic carbocycles. The smallest absolute Gasteiger partial charge is 0.223 e. The summed E-state index contributed by atoms with van der Waals surface area (Å²) in [5, 5.41) is 14.1. The molecule has 0 unspecified atom stereocenters. The fourth-order valence-corrected chi connectivity index (χ4v) is 3.33. The van der Waals surface area contributed by atoms with Crippen LogP contribution in [-0.2, 0) is 18.3 Å². The Kier molecular flexibility index (Phi) is 4.85. The first-order valence-corrected chi connectivity index (χ1v) is 8.26. The minimum absolute atomic E-state index is 0.113. The molecule has 2 aromatic rings. The summed E-state index contributed by atoms with van der Waals surface area (Å²) in [4.78, 5) is 14.1. The Labute approximate surface area is 144 Å². The fraction of sp³-hybridized carbons (Fsp3) is 0.444. The zero-order chi connectivity index (χ0) is 18.1. The van der Waals surface area contributed by atoms with Gasteiger partial charge < -0.3 is 10.0 Å². The number of hydrogen-bond acceptors (Lipinski definition) is 3. The second kappa shape index (κ2) is 6.92. The molecule has 1 amide bonds. The molecule has 2 atom stereocenters. The Bertz CT molecular complexity index is 791. The van der Waals surface area contributed by atoms with Crippen LogP contribution in [0.5, 0.6) is 0 Å². The number of aliphatic hydroxyl groups is 1. The van der Waals surface area contributed by atoms with Gasteiger partial charge in [-0.3, -0.25) is 9.48 Å². The van der Waals surface area contributed by atoms with Gasteiger partial charge in [-0.15, -0.1) is 0 Å². The van der Waals surface area contributed by atoms with Gasteiger partial charge in [0.2, 0.25) is 5.91 Å².